The molecule has 2 aromatic heterocycles. The minimum Gasteiger partial charge on any atom is -0.497 e. The first-order valence-electron chi connectivity index (χ1n) is 14.6. The average Bonchev–Trinajstić information content (AvgIpc) is 3.43. The predicted molar refractivity (Wildman–Crippen MR) is 169 cm³/mol. The molecule has 0 unspecified atom stereocenters. The molecule has 10 heteroatoms. The van der Waals surface area contributed by atoms with Crippen LogP contribution in [0.5, 0.6) is 11.5 Å². The Kier molecular flexibility index (Phi) is 9.86. The van der Waals surface area contributed by atoms with Gasteiger partial charge in [-0.25, -0.2) is 19.3 Å². The molecule has 1 aliphatic rings. The third-order valence-electron chi connectivity index (χ3n) is 7.49. The van der Waals surface area contributed by atoms with Crippen molar-refractivity contribution in [1.82, 2.24) is 19.9 Å². The molecule has 5 rings (SSSR count). The highest BCUT2D eigenvalue weighted by Crippen LogP contribution is 2.40. The van der Waals surface area contributed by atoms with Gasteiger partial charge in [0.15, 0.2) is 16.7 Å². The van der Waals surface area contributed by atoms with Gasteiger partial charge in [0.05, 0.1) is 23.4 Å². The molecule has 1 fully saturated rings. The summed E-state index contributed by atoms with van der Waals surface area (Å²) >= 11 is 1.53. The summed E-state index contributed by atoms with van der Waals surface area (Å²) in [7, 11) is 3.79. The van der Waals surface area contributed by atoms with Gasteiger partial charge in [0.1, 0.15) is 12.4 Å². The van der Waals surface area contributed by atoms with E-state index in [1.54, 1.807) is 25.4 Å². The molecule has 2 heterocycles. The normalized spacial score (nSPS) is 13.8. The van der Waals surface area contributed by atoms with Crippen LogP contribution >= 0.6 is 11.3 Å². The zero-order chi connectivity index (χ0) is 29.5. The van der Waals surface area contributed by atoms with Gasteiger partial charge in [-0.1, -0.05) is 30.6 Å². The number of aromatic nitrogens is 3. The Balaban J connectivity index is 1.30. The van der Waals surface area contributed by atoms with Crippen LogP contribution in [0.3, 0.4) is 0 Å². The largest absolute Gasteiger partial charge is 0.497 e. The van der Waals surface area contributed by atoms with Gasteiger partial charge in [-0.3, -0.25) is 0 Å². The molecule has 1 saturated carbocycles. The molecular weight excluding hydrogens is 551 g/mol. The lowest BCUT2D eigenvalue weighted by atomic mass is 9.94. The molecule has 0 radical (unpaired) electrons. The minimum absolute atomic E-state index is 0.242. The third kappa shape index (κ3) is 7.35. The number of thiazole rings is 1. The van der Waals surface area contributed by atoms with Crippen LogP contribution in [0.4, 0.5) is 21.2 Å². The van der Waals surface area contributed by atoms with E-state index in [-0.39, 0.29) is 5.75 Å². The Hall–Kier alpha value is -3.76. The van der Waals surface area contributed by atoms with Crippen molar-refractivity contribution < 1.29 is 13.9 Å². The van der Waals surface area contributed by atoms with Crippen LogP contribution in [0.1, 0.15) is 44.6 Å². The van der Waals surface area contributed by atoms with Crippen molar-refractivity contribution in [2.24, 2.45) is 0 Å². The number of likely N-dealkylation sites (N-methyl/N-ethyl adjacent to an activating group) is 1. The van der Waals surface area contributed by atoms with Crippen molar-refractivity contribution in [2.45, 2.75) is 52.0 Å². The van der Waals surface area contributed by atoms with Crippen LogP contribution in [-0.4, -0.2) is 59.7 Å². The zero-order valence-corrected chi connectivity index (χ0v) is 25.6. The summed E-state index contributed by atoms with van der Waals surface area (Å²) in [5.41, 5.74) is 4.08. The van der Waals surface area contributed by atoms with Crippen LogP contribution in [0.2, 0.25) is 0 Å². The Labute approximate surface area is 251 Å². The van der Waals surface area contributed by atoms with Gasteiger partial charge < -0.3 is 25.0 Å². The molecule has 2 aromatic carbocycles. The van der Waals surface area contributed by atoms with Crippen molar-refractivity contribution in [3.63, 3.8) is 0 Å². The van der Waals surface area contributed by atoms with Gasteiger partial charge in [-0.15, -0.1) is 0 Å². The monoisotopic (exact) mass is 590 g/mol. The van der Waals surface area contributed by atoms with E-state index >= 15 is 0 Å². The molecule has 222 valence electrons. The van der Waals surface area contributed by atoms with Gasteiger partial charge in [0.2, 0.25) is 5.95 Å². The van der Waals surface area contributed by atoms with E-state index < -0.39 is 5.82 Å². The van der Waals surface area contributed by atoms with Crippen LogP contribution in [0.15, 0.2) is 48.7 Å². The van der Waals surface area contributed by atoms with Crippen molar-refractivity contribution in [3.8, 4) is 33.3 Å². The fourth-order valence-corrected chi connectivity index (χ4v) is 6.32. The lowest BCUT2D eigenvalue weighted by Gasteiger charge is -2.31. The van der Waals surface area contributed by atoms with Gasteiger partial charge in [-0.05, 0) is 75.7 Å². The topological polar surface area (TPSA) is 84.4 Å². The molecule has 2 N–H and O–H groups in total. The maximum Gasteiger partial charge on any atom is 0.227 e. The third-order valence-corrected chi connectivity index (χ3v) is 8.53. The molecule has 0 aliphatic heterocycles. The second kappa shape index (κ2) is 13.9. The average molecular weight is 591 g/mol. The lowest BCUT2D eigenvalue weighted by molar-refractivity contribution is 0.158. The van der Waals surface area contributed by atoms with Crippen molar-refractivity contribution in [1.29, 1.82) is 0 Å². The van der Waals surface area contributed by atoms with E-state index in [0.29, 0.717) is 30.0 Å². The van der Waals surface area contributed by atoms with E-state index in [1.807, 2.05) is 32.0 Å². The van der Waals surface area contributed by atoms with E-state index in [0.717, 1.165) is 45.7 Å². The second-order valence-electron chi connectivity index (χ2n) is 10.6. The van der Waals surface area contributed by atoms with E-state index in [9.17, 15) is 4.39 Å². The van der Waals surface area contributed by atoms with Gasteiger partial charge in [0.25, 0.3) is 0 Å². The smallest absolute Gasteiger partial charge is 0.227 e. The summed E-state index contributed by atoms with van der Waals surface area (Å²) in [6, 6.07) is 13.3. The van der Waals surface area contributed by atoms with E-state index in [1.165, 1.54) is 49.5 Å². The minimum atomic E-state index is -0.426. The Morgan fingerprint density at radius 1 is 1.07 bits per heavy atom. The van der Waals surface area contributed by atoms with Crippen molar-refractivity contribution in [2.75, 3.05) is 44.5 Å². The number of methoxy groups -OCH3 is 1. The lowest BCUT2D eigenvalue weighted by Crippen LogP contribution is -2.36. The van der Waals surface area contributed by atoms with Gasteiger partial charge in [0, 0.05) is 42.6 Å². The number of nitrogens with zero attached hydrogens (tertiary/aromatic N) is 4. The van der Waals surface area contributed by atoms with Crippen LogP contribution in [-0.2, 0) is 0 Å². The second-order valence-corrected chi connectivity index (χ2v) is 11.6. The number of hydrogen-bond acceptors (Lipinski definition) is 9. The number of halogens is 1. The van der Waals surface area contributed by atoms with Gasteiger partial charge in [-0.2, -0.15) is 0 Å². The molecule has 0 atom stereocenters. The number of rotatable bonds is 12. The summed E-state index contributed by atoms with van der Waals surface area (Å²) in [6.45, 7) is 6.04. The molecule has 0 amide bonds. The molecule has 4 aromatic rings. The summed E-state index contributed by atoms with van der Waals surface area (Å²) < 4.78 is 26.2. The summed E-state index contributed by atoms with van der Waals surface area (Å²) in [5.74, 6) is 0.946. The Morgan fingerprint density at radius 3 is 2.67 bits per heavy atom. The molecule has 1 aliphatic carbocycles. The molecule has 42 heavy (non-hydrogen) atoms. The summed E-state index contributed by atoms with van der Waals surface area (Å²) in [6.07, 6.45) is 8.06. The Morgan fingerprint density at radius 2 is 1.90 bits per heavy atom. The fraction of sp³-hybridized carbons (Fsp3) is 0.406. The van der Waals surface area contributed by atoms with Crippen LogP contribution in [0.25, 0.3) is 21.8 Å². The van der Waals surface area contributed by atoms with Crippen LogP contribution in [0, 0.1) is 12.7 Å². The first kappa shape index (κ1) is 29.7. The van der Waals surface area contributed by atoms with Crippen molar-refractivity contribution >= 4 is 28.1 Å². The molecule has 0 bridgehead atoms. The number of aryl methyl sites for hydroxylation is 1. The standard InChI is InChI=1S/C32H39FN6O2S/c1-5-34-32-38-29(22-17-21(2)18-25(19-22)40-4)30(42-32)27-13-14-35-31(37-27)36-23-11-12-28(26(33)20-23)41-16-15-39(3)24-9-7-6-8-10-24/h11-14,17-20,24H,5-10,15-16H2,1-4H3,(H,34,38)(H,35,36,37). The number of ether oxygens (including phenoxy) is 2. The highest BCUT2D eigenvalue weighted by molar-refractivity contribution is 7.19. The predicted octanol–water partition coefficient (Wildman–Crippen LogP) is 7.54. The number of benzene rings is 2. The molecular formula is C32H39FN6O2S. The first-order valence-corrected chi connectivity index (χ1v) is 15.4. The maximum atomic E-state index is 14.9. The zero-order valence-electron chi connectivity index (χ0n) is 24.7. The van der Waals surface area contributed by atoms with Gasteiger partial charge >= 0.3 is 0 Å². The molecule has 8 nitrogen and oxygen atoms in total. The Bertz CT molecular complexity index is 1490. The molecule has 0 spiro atoms. The number of nitrogens with one attached hydrogen (secondary N) is 2. The maximum absolute atomic E-state index is 14.9. The van der Waals surface area contributed by atoms with E-state index in [4.69, 9.17) is 19.4 Å². The number of anilines is 3. The van der Waals surface area contributed by atoms with E-state index in [2.05, 4.69) is 33.6 Å². The molecule has 0 saturated heterocycles. The van der Waals surface area contributed by atoms with Crippen LogP contribution < -0.4 is 20.1 Å². The highest BCUT2D eigenvalue weighted by Gasteiger charge is 2.19. The quantitative estimate of drug-likeness (QED) is 0.175. The number of hydrogen-bond donors (Lipinski definition) is 2. The van der Waals surface area contributed by atoms with Crippen molar-refractivity contribution in [3.05, 3.63) is 60.0 Å². The summed E-state index contributed by atoms with van der Waals surface area (Å²) in [5, 5.41) is 7.26. The SMILES string of the molecule is CCNc1nc(-c2cc(C)cc(OC)c2)c(-c2ccnc(Nc3ccc(OCCN(C)C4CCCCC4)c(F)c3)n2)s1. The first-order chi connectivity index (χ1) is 20.4. The summed E-state index contributed by atoms with van der Waals surface area (Å²) in [4.78, 5) is 17.2. The highest BCUT2D eigenvalue weighted by atomic mass is 32.1. The fourth-order valence-electron chi connectivity index (χ4n) is 5.29.